The van der Waals surface area contributed by atoms with Gasteiger partial charge in [-0.05, 0) is 76.5 Å². The largest absolute Gasteiger partial charge is 0.457 e. The first-order chi connectivity index (χ1) is 15.9. The van der Waals surface area contributed by atoms with Gasteiger partial charge in [0.05, 0.1) is 0 Å². The molecule has 2 unspecified atom stereocenters. The van der Waals surface area contributed by atoms with E-state index in [9.17, 15) is 0 Å². The summed E-state index contributed by atoms with van der Waals surface area (Å²) in [4.78, 5) is 4.87. The van der Waals surface area contributed by atoms with E-state index >= 15 is 0 Å². The Morgan fingerprint density at radius 1 is 1.03 bits per heavy atom. The molecule has 176 valence electrons. The van der Waals surface area contributed by atoms with Crippen molar-refractivity contribution in [1.29, 1.82) is 0 Å². The minimum atomic E-state index is -0.0591. The van der Waals surface area contributed by atoms with E-state index in [-0.39, 0.29) is 11.5 Å². The number of benzene rings is 2. The Morgan fingerprint density at radius 2 is 1.76 bits per heavy atom. The molecule has 2 aromatic rings. The number of rotatable bonds is 7. The summed E-state index contributed by atoms with van der Waals surface area (Å²) >= 11 is 6.83. The number of hydrogen-bond donors (Lipinski definition) is 0. The lowest BCUT2D eigenvalue weighted by molar-refractivity contribution is 0.157. The summed E-state index contributed by atoms with van der Waals surface area (Å²) < 4.78 is 6.68. The minimum Gasteiger partial charge on any atom is -0.457 e. The van der Waals surface area contributed by atoms with E-state index in [0.717, 1.165) is 49.1 Å². The second-order valence-corrected chi connectivity index (χ2v) is 9.71. The van der Waals surface area contributed by atoms with Crippen LogP contribution in [-0.4, -0.2) is 36.6 Å². The van der Waals surface area contributed by atoms with Gasteiger partial charge < -0.3 is 9.64 Å². The maximum absolute atomic E-state index is 6.83. The predicted molar refractivity (Wildman–Crippen MR) is 141 cm³/mol. The zero-order valence-electron chi connectivity index (χ0n) is 20.9. The van der Waals surface area contributed by atoms with Crippen LogP contribution in [0.1, 0.15) is 63.6 Å². The first kappa shape index (κ1) is 23.9. The van der Waals surface area contributed by atoms with E-state index < -0.39 is 0 Å². The number of hydrogen-bond acceptors (Lipinski definition) is 3. The Hall–Kier alpha value is -2.23. The third-order valence-corrected chi connectivity index (χ3v) is 7.80. The van der Waals surface area contributed by atoms with E-state index in [1.165, 1.54) is 28.0 Å². The number of fused-ring (bicyclic) bond motifs is 2. The summed E-state index contributed by atoms with van der Waals surface area (Å²) in [6.07, 6.45) is 5.70. The summed E-state index contributed by atoms with van der Waals surface area (Å²) in [6, 6.07) is 12.9. The van der Waals surface area contributed by atoms with Crippen molar-refractivity contribution in [3.8, 4) is 5.75 Å². The monoisotopic (exact) mass is 464 g/mol. The van der Waals surface area contributed by atoms with Crippen molar-refractivity contribution in [3.63, 3.8) is 0 Å². The number of halogens is 1. The quantitative estimate of drug-likeness (QED) is 0.426. The zero-order chi connectivity index (χ0) is 23.8. The van der Waals surface area contributed by atoms with E-state index in [2.05, 4.69) is 87.8 Å². The molecule has 0 N–H and O–H groups in total. The Morgan fingerprint density at radius 3 is 2.39 bits per heavy atom. The topological polar surface area (TPSA) is 15.7 Å². The van der Waals surface area contributed by atoms with Gasteiger partial charge in [-0.3, -0.25) is 4.90 Å². The highest BCUT2D eigenvalue weighted by molar-refractivity contribution is 6.31. The van der Waals surface area contributed by atoms with Crippen molar-refractivity contribution in [2.24, 2.45) is 0 Å². The van der Waals surface area contributed by atoms with Crippen molar-refractivity contribution < 1.29 is 4.74 Å². The first-order valence-corrected chi connectivity index (χ1v) is 12.7. The second kappa shape index (κ2) is 9.56. The number of likely N-dealkylation sites (N-methyl/N-ethyl adjacent to an activating group) is 1. The van der Waals surface area contributed by atoms with Crippen LogP contribution in [-0.2, 0) is 0 Å². The molecule has 0 radical (unpaired) electrons. The normalized spacial score (nSPS) is 21.6. The van der Waals surface area contributed by atoms with Crippen LogP contribution in [0.25, 0.3) is 0 Å². The lowest BCUT2D eigenvalue weighted by Gasteiger charge is -2.43. The standard InChI is InChI=1S/C29H37ClN2O/c1-7-31(8-2)21-14-15-22-25(18-21)33-26-19-29(6,32(9-3)10-4)17-16-23(26)28(22)27-20(5)12-11-13-24(27)30/h11-16,18-19,28H,7-10,17H2,1-6H3. The molecule has 0 saturated carbocycles. The molecule has 3 nitrogen and oxygen atoms in total. The zero-order valence-corrected chi connectivity index (χ0v) is 21.7. The number of anilines is 1. The predicted octanol–water partition coefficient (Wildman–Crippen LogP) is 7.33. The Bertz CT molecular complexity index is 1060. The molecule has 4 heteroatoms. The summed E-state index contributed by atoms with van der Waals surface area (Å²) in [6.45, 7) is 17.3. The maximum Gasteiger partial charge on any atom is 0.133 e. The minimum absolute atomic E-state index is 0.0591. The lowest BCUT2D eigenvalue weighted by atomic mass is 9.75. The van der Waals surface area contributed by atoms with Crippen molar-refractivity contribution in [2.75, 3.05) is 31.1 Å². The third-order valence-electron chi connectivity index (χ3n) is 7.47. The highest BCUT2D eigenvalue weighted by atomic mass is 35.5. The first-order valence-electron chi connectivity index (χ1n) is 12.4. The summed E-state index contributed by atoms with van der Waals surface area (Å²) in [7, 11) is 0. The van der Waals surface area contributed by atoms with Gasteiger partial charge in [-0.2, -0.15) is 0 Å². The number of aryl methyl sites for hydroxylation is 1. The van der Waals surface area contributed by atoms with Gasteiger partial charge >= 0.3 is 0 Å². The summed E-state index contributed by atoms with van der Waals surface area (Å²) in [5.74, 6) is 1.99. The highest BCUT2D eigenvalue weighted by Gasteiger charge is 2.39. The number of nitrogens with zero attached hydrogens (tertiary/aromatic N) is 2. The van der Waals surface area contributed by atoms with Crippen LogP contribution < -0.4 is 9.64 Å². The number of ether oxygens (including phenoxy) is 1. The Balaban J connectivity index is 1.90. The SMILES string of the molecule is CCN(CC)c1ccc2c(c1)OC1=CC(C)(N(CC)CC)CC=C1C2c1c(C)cccc1Cl. The maximum atomic E-state index is 6.83. The molecular formula is C29H37ClN2O. The fourth-order valence-electron chi connectivity index (χ4n) is 5.60. The van der Waals surface area contributed by atoms with Crippen LogP contribution in [0.5, 0.6) is 5.75 Å². The fourth-order valence-corrected chi connectivity index (χ4v) is 5.93. The van der Waals surface area contributed by atoms with Crippen LogP contribution in [0.3, 0.4) is 0 Å². The summed E-state index contributed by atoms with van der Waals surface area (Å²) in [5, 5.41) is 0.818. The van der Waals surface area contributed by atoms with Crippen LogP contribution in [0.2, 0.25) is 5.02 Å². The molecule has 0 amide bonds. The van der Waals surface area contributed by atoms with Crippen molar-refractivity contribution >= 4 is 17.3 Å². The van der Waals surface area contributed by atoms with Crippen LogP contribution in [0.4, 0.5) is 5.69 Å². The lowest BCUT2D eigenvalue weighted by Crippen LogP contribution is -2.46. The molecule has 4 rings (SSSR count). The van der Waals surface area contributed by atoms with E-state index in [1.807, 2.05) is 12.1 Å². The van der Waals surface area contributed by atoms with Gasteiger partial charge in [0.1, 0.15) is 11.5 Å². The van der Waals surface area contributed by atoms with Crippen molar-refractivity contribution in [1.82, 2.24) is 4.90 Å². The van der Waals surface area contributed by atoms with Crippen molar-refractivity contribution in [2.45, 2.75) is 59.4 Å². The van der Waals surface area contributed by atoms with Gasteiger partial charge in [0, 0.05) is 52.5 Å². The van der Waals surface area contributed by atoms with E-state index in [0.29, 0.717) is 0 Å². The molecule has 0 fully saturated rings. The fraction of sp³-hybridized carbons (Fsp3) is 0.448. The molecule has 2 atom stereocenters. The average Bonchev–Trinajstić information content (AvgIpc) is 2.79. The van der Waals surface area contributed by atoms with Crippen LogP contribution >= 0.6 is 11.6 Å². The van der Waals surface area contributed by atoms with Gasteiger partial charge in [-0.15, -0.1) is 0 Å². The molecule has 1 aliphatic heterocycles. The molecule has 0 bridgehead atoms. The van der Waals surface area contributed by atoms with Crippen LogP contribution in [0, 0.1) is 6.92 Å². The molecular weight excluding hydrogens is 428 g/mol. The molecule has 33 heavy (non-hydrogen) atoms. The molecule has 1 heterocycles. The van der Waals surface area contributed by atoms with Gasteiger partial charge in [0.15, 0.2) is 0 Å². The summed E-state index contributed by atoms with van der Waals surface area (Å²) in [5.41, 5.74) is 5.96. The third kappa shape index (κ3) is 4.22. The van der Waals surface area contributed by atoms with Gasteiger partial charge in [0.25, 0.3) is 0 Å². The Labute approximate surface area is 204 Å². The van der Waals surface area contributed by atoms with Crippen molar-refractivity contribution in [3.05, 3.63) is 81.6 Å². The molecule has 2 aliphatic rings. The van der Waals surface area contributed by atoms with Gasteiger partial charge in [-0.25, -0.2) is 0 Å². The second-order valence-electron chi connectivity index (χ2n) is 9.30. The molecule has 0 spiro atoms. The van der Waals surface area contributed by atoms with E-state index in [4.69, 9.17) is 16.3 Å². The molecule has 1 aliphatic carbocycles. The van der Waals surface area contributed by atoms with Crippen LogP contribution in [0.15, 0.2) is 59.9 Å². The van der Waals surface area contributed by atoms with Gasteiger partial charge in [-0.1, -0.05) is 49.7 Å². The molecule has 2 aromatic carbocycles. The number of allylic oxidation sites excluding steroid dienone is 1. The Kier molecular flexibility index (Phi) is 6.93. The average molecular weight is 465 g/mol. The molecule has 0 saturated heterocycles. The van der Waals surface area contributed by atoms with E-state index in [1.54, 1.807) is 0 Å². The smallest absolute Gasteiger partial charge is 0.133 e. The highest BCUT2D eigenvalue weighted by Crippen LogP contribution is 2.51. The van der Waals surface area contributed by atoms with Gasteiger partial charge in [0.2, 0.25) is 0 Å². The molecule has 0 aromatic heterocycles.